The number of carbonyl (C=O) groups excluding carboxylic acids is 1. The molecular formula is C33H53IN2O4. The third-order valence-electron chi connectivity index (χ3n) is 7.13. The fraction of sp³-hybridized carbons (Fsp3) is 0.636. The van der Waals surface area contributed by atoms with Gasteiger partial charge in [-0.2, -0.15) is 0 Å². The minimum atomic E-state index is -0.159. The number of rotatable bonds is 23. The molecule has 0 saturated carbocycles. The molecule has 2 aromatic rings. The molecule has 6 nitrogen and oxygen atoms in total. The molecule has 40 heavy (non-hydrogen) atoms. The van der Waals surface area contributed by atoms with Gasteiger partial charge in [-0.05, 0) is 18.6 Å². The van der Waals surface area contributed by atoms with E-state index in [1.165, 1.54) is 83.5 Å². The number of hydrogen-bond acceptors (Lipinski definition) is 4. The second-order valence-corrected chi connectivity index (χ2v) is 10.4. The van der Waals surface area contributed by atoms with Crippen molar-refractivity contribution in [2.75, 3.05) is 26.9 Å². The van der Waals surface area contributed by atoms with Gasteiger partial charge in [-0.15, -0.1) is 0 Å². The molecule has 1 heterocycles. The van der Waals surface area contributed by atoms with Crippen LogP contribution in [0.5, 0.6) is 17.2 Å². The van der Waals surface area contributed by atoms with Gasteiger partial charge in [0.1, 0.15) is 12.8 Å². The van der Waals surface area contributed by atoms with E-state index in [2.05, 4.69) is 22.9 Å². The number of aromatic nitrogens is 1. The number of unbranched alkanes of at least 4 members (excludes halogenated alkanes) is 13. The van der Waals surface area contributed by atoms with Gasteiger partial charge in [0, 0.05) is 31.2 Å². The summed E-state index contributed by atoms with van der Waals surface area (Å²) in [5, 5.41) is 2.91. The summed E-state index contributed by atoms with van der Waals surface area (Å²) in [7, 11) is 3.60. The summed E-state index contributed by atoms with van der Waals surface area (Å²) in [5.41, 5.74) is 1.16. The van der Waals surface area contributed by atoms with Crippen LogP contribution >= 0.6 is 0 Å². The highest BCUT2D eigenvalue weighted by molar-refractivity contribution is 5.77. The second-order valence-electron chi connectivity index (χ2n) is 10.4. The molecule has 1 aromatic carbocycles. The van der Waals surface area contributed by atoms with Crippen molar-refractivity contribution in [3.05, 3.63) is 48.3 Å². The molecule has 0 radical (unpaired) electrons. The first-order chi connectivity index (χ1) is 19.1. The Bertz CT molecular complexity index is 925. The highest BCUT2D eigenvalue weighted by Gasteiger charge is 2.10. The van der Waals surface area contributed by atoms with Gasteiger partial charge in [0.05, 0.1) is 13.7 Å². The van der Waals surface area contributed by atoms with Crippen LogP contribution in [-0.2, 0) is 18.3 Å². The van der Waals surface area contributed by atoms with Crippen LogP contribution in [0.3, 0.4) is 0 Å². The Morgan fingerprint density at radius 1 is 0.800 bits per heavy atom. The van der Waals surface area contributed by atoms with Crippen molar-refractivity contribution >= 4 is 5.91 Å². The average Bonchev–Trinajstić information content (AvgIpc) is 2.95. The van der Waals surface area contributed by atoms with Gasteiger partial charge in [-0.1, -0.05) is 96.5 Å². The van der Waals surface area contributed by atoms with Crippen molar-refractivity contribution in [3.8, 4) is 17.2 Å². The molecule has 0 bridgehead atoms. The zero-order valence-electron chi connectivity index (χ0n) is 25.2. The van der Waals surface area contributed by atoms with Crippen LogP contribution in [0.2, 0.25) is 0 Å². The normalized spacial score (nSPS) is 10.6. The zero-order valence-corrected chi connectivity index (χ0v) is 27.4. The maximum atomic E-state index is 12.2. The molecule has 7 heteroatoms. The van der Waals surface area contributed by atoms with Gasteiger partial charge >= 0.3 is 0 Å². The predicted molar refractivity (Wildman–Crippen MR) is 159 cm³/mol. The Labute approximate surface area is 260 Å². The lowest BCUT2D eigenvalue weighted by Gasteiger charge is -2.13. The van der Waals surface area contributed by atoms with Crippen LogP contribution in [0.25, 0.3) is 0 Å². The number of nitrogens with one attached hydrogen (secondary N) is 1. The molecule has 1 N–H and O–H groups in total. The van der Waals surface area contributed by atoms with Crippen molar-refractivity contribution in [2.24, 2.45) is 7.05 Å². The van der Waals surface area contributed by atoms with E-state index in [1.54, 1.807) is 13.2 Å². The Kier molecular flexibility index (Phi) is 21.3. The number of hydrogen-bond donors (Lipinski definition) is 1. The number of carbonyl (C=O) groups is 1. The van der Waals surface area contributed by atoms with Crippen molar-refractivity contribution in [2.45, 2.75) is 103 Å². The standard InChI is InChI=1S/C33H52N2O4.HI/c1-4-5-6-7-8-9-10-11-12-13-14-15-16-19-26-38-30-21-22-31(32(27-30)37-3)39-28-33(36)34-24-23-29-20-17-18-25-35(29)2;/h17-18,20-22,25,27H,4-16,19,23-24,26,28H2,1-3H3;1H. The van der Waals surface area contributed by atoms with Crippen LogP contribution in [0.15, 0.2) is 42.6 Å². The Hall–Kier alpha value is -2.03. The second kappa shape index (κ2) is 23.7. The average molecular weight is 669 g/mol. The number of ether oxygens (including phenoxy) is 3. The minimum Gasteiger partial charge on any atom is -1.00 e. The summed E-state index contributed by atoms with van der Waals surface area (Å²) in [6, 6.07) is 11.5. The number of methoxy groups -OCH3 is 1. The van der Waals surface area contributed by atoms with E-state index in [4.69, 9.17) is 14.2 Å². The van der Waals surface area contributed by atoms with Crippen LogP contribution < -0.4 is 48.1 Å². The Balaban J connectivity index is 0.00000800. The number of pyridine rings is 1. The molecule has 0 atom stereocenters. The number of aryl methyl sites for hydroxylation is 1. The number of halogens is 1. The quantitative estimate of drug-likeness (QED) is 0.110. The van der Waals surface area contributed by atoms with E-state index in [9.17, 15) is 4.79 Å². The first-order valence-electron chi connectivity index (χ1n) is 15.3. The van der Waals surface area contributed by atoms with Crippen LogP contribution in [0, 0.1) is 0 Å². The van der Waals surface area contributed by atoms with E-state index in [0.717, 1.165) is 24.3 Å². The lowest BCUT2D eigenvalue weighted by atomic mass is 10.0. The first kappa shape index (κ1) is 36.0. The summed E-state index contributed by atoms with van der Waals surface area (Å²) in [5.74, 6) is 1.70. The molecule has 0 aliphatic heterocycles. The first-order valence-corrected chi connectivity index (χ1v) is 15.3. The van der Waals surface area contributed by atoms with Gasteiger partial charge < -0.3 is 43.5 Å². The molecule has 0 fully saturated rings. The number of nitrogens with zero attached hydrogens (tertiary/aromatic N) is 1. The Morgan fingerprint density at radius 2 is 1.43 bits per heavy atom. The molecule has 0 spiro atoms. The summed E-state index contributed by atoms with van der Waals surface area (Å²) >= 11 is 0. The highest BCUT2D eigenvalue weighted by atomic mass is 127. The molecule has 1 amide bonds. The maximum Gasteiger partial charge on any atom is 0.257 e. The number of benzene rings is 1. The van der Waals surface area contributed by atoms with E-state index >= 15 is 0 Å². The van der Waals surface area contributed by atoms with Gasteiger partial charge in [0.2, 0.25) is 0 Å². The van der Waals surface area contributed by atoms with E-state index in [0.29, 0.717) is 24.7 Å². The fourth-order valence-corrected chi connectivity index (χ4v) is 4.69. The molecule has 0 aliphatic carbocycles. The smallest absolute Gasteiger partial charge is 0.257 e. The van der Waals surface area contributed by atoms with E-state index in [-0.39, 0.29) is 36.5 Å². The summed E-state index contributed by atoms with van der Waals surface area (Å²) < 4.78 is 19.1. The summed E-state index contributed by atoms with van der Waals surface area (Å²) in [6.45, 7) is 3.47. The van der Waals surface area contributed by atoms with Crippen molar-refractivity contribution in [3.63, 3.8) is 0 Å². The van der Waals surface area contributed by atoms with Crippen LogP contribution in [0.1, 0.15) is 103 Å². The zero-order chi connectivity index (χ0) is 28.0. The largest absolute Gasteiger partial charge is 1.00 e. The molecule has 0 unspecified atom stereocenters. The molecule has 226 valence electrons. The molecule has 0 saturated heterocycles. The van der Waals surface area contributed by atoms with Gasteiger partial charge in [-0.3, -0.25) is 4.79 Å². The lowest BCUT2D eigenvalue weighted by molar-refractivity contribution is -0.679. The SMILES string of the molecule is CCCCCCCCCCCCCCCCOc1ccc(OCC(=O)NCCc2cccc[n+]2C)c(OC)c1.[I-]. The summed E-state index contributed by atoms with van der Waals surface area (Å²) in [4.78, 5) is 12.2. The third kappa shape index (κ3) is 16.3. The lowest BCUT2D eigenvalue weighted by Crippen LogP contribution is -3.00. The van der Waals surface area contributed by atoms with Crippen molar-refractivity contribution in [1.82, 2.24) is 5.32 Å². The third-order valence-corrected chi connectivity index (χ3v) is 7.13. The topological polar surface area (TPSA) is 60.7 Å². The molecule has 2 rings (SSSR count). The molecular weight excluding hydrogens is 615 g/mol. The minimum absolute atomic E-state index is 0. The summed E-state index contributed by atoms with van der Waals surface area (Å²) in [6.07, 6.45) is 21.6. The highest BCUT2D eigenvalue weighted by Crippen LogP contribution is 2.31. The van der Waals surface area contributed by atoms with E-state index < -0.39 is 0 Å². The van der Waals surface area contributed by atoms with Gasteiger partial charge in [0.15, 0.2) is 30.0 Å². The van der Waals surface area contributed by atoms with Gasteiger partial charge in [0.25, 0.3) is 5.91 Å². The maximum absolute atomic E-state index is 12.2. The van der Waals surface area contributed by atoms with Crippen LogP contribution in [0.4, 0.5) is 0 Å². The number of amides is 1. The Morgan fingerprint density at radius 3 is 2.02 bits per heavy atom. The monoisotopic (exact) mass is 668 g/mol. The van der Waals surface area contributed by atoms with Crippen LogP contribution in [-0.4, -0.2) is 32.8 Å². The molecule has 0 aliphatic rings. The van der Waals surface area contributed by atoms with E-state index in [1.807, 2.05) is 37.5 Å². The van der Waals surface area contributed by atoms with Crippen molar-refractivity contribution in [1.29, 1.82) is 0 Å². The van der Waals surface area contributed by atoms with Crippen molar-refractivity contribution < 1.29 is 47.5 Å². The predicted octanol–water partition coefficient (Wildman–Crippen LogP) is 4.12. The molecule has 1 aromatic heterocycles. The fourth-order valence-electron chi connectivity index (χ4n) is 4.69. The van der Waals surface area contributed by atoms with Gasteiger partial charge in [-0.25, -0.2) is 4.57 Å².